The second kappa shape index (κ2) is 6.50. The summed E-state index contributed by atoms with van der Waals surface area (Å²) in [6.07, 6.45) is 1.07. The number of aromatic carboxylic acids is 1. The van der Waals surface area contributed by atoms with Gasteiger partial charge in [-0.25, -0.2) is 30.7 Å². The highest BCUT2D eigenvalue weighted by molar-refractivity contribution is 7.90. The Bertz CT molecular complexity index is 742. The van der Waals surface area contributed by atoms with Crippen LogP contribution in [0.2, 0.25) is 0 Å². The first kappa shape index (κ1) is 17.5. The van der Waals surface area contributed by atoms with E-state index in [1.54, 1.807) is 0 Å². The summed E-state index contributed by atoms with van der Waals surface area (Å²) in [6, 6.07) is 2.42. The number of sulfonamides is 1. The molecule has 0 saturated carbocycles. The van der Waals surface area contributed by atoms with Crippen LogP contribution >= 0.6 is 0 Å². The second-order valence-corrected chi connectivity index (χ2v) is 8.33. The Morgan fingerprint density at radius 1 is 1.29 bits per heavy atom. The first-order valence-corrected chi connectivity index (χ1v) is 9.27. The molecule has 0 saturated heterocycles. The van der Waals surface area contributed by atoms with Crippen molar-refractivity contribution < 1.29 is 31.1 Å². The highest BCUT2D eigenvalue weighted by Crippen LogP contribution is 2.16. The lowest BCUT2D eigenvalue weighted by Gasteiger charge is -2.08. The number of sulfone groups is 1. The van der Waals surface area contributed by atoms with Crippen molar-refractivity contribution in [3.8, 4) is 0 Å². The molecule has 0 bridgehead atoms. The average Bonchev–Trinajstić information content (AvgIpc) is 2.33. The molecular formula is C11H14FNO6S2. The van der Waals surface area contributed by atoms with Crippen molar-refractivity contribution in [2.24, 2.45) is 0 Å². The molecule has 0 heterocycles. The summed E-state index contributed by atoms with van der Waals surface area (Å²) < 4.78 is 61.1. The van der Waals surface area contributed by atoms with Crippen molar-refractivity contribution in [2.75, 3.05) is 18.6 Å². The van der Waals surface area contributed by atoms with E-state index in [2.05, 4.69) is 4.72 Å². The third-order valence-corrected chi connectivity index (χ3v) is 4.98. The number of carboxylic acid groups (broad SMARTS) is 1. The molecule has 0 aliphatic carbocycles. The molecule has 0 aromatic heterocycles. The van der Waals surface area contributed by atoms with Crippen molar-refractivity contribution in [3.05, 3.63) is 29.6 Å². The van der Waals surface area contributed by atoms with Crippen molar-refractivity contribution in [1.82, 2.24) is 4.72 Å². The molecule has 0 unspecified atom stereocenters. The predicted octanol–water partition coefficient (Wildman–Crippen LogP) is 0.237. The summed E-state index contributed by atoms with van der Waals surface area (Å²) >= 11 is 0. The summed E-state index contributed by atoms with van der Waals surface area (Å²) in [5.74, 6) is -2.76. The van der Waals surface area contributed by atoms with Gasteiger partial charge in [0, 0.05) is 12.8 Å². The van der Waals surface area contributed by atoms with Gasteiger partial charge in [-0.3, -0.25) is 0 Å². The van der Waals surface area contributed by atoms with Crippen LogP contribution in [-0.2, 0) is 19.9 Å². The molecular weight excluding hydrogens is 325 g/mol. The second-order valence-electron chi connectivity index (χ2n) is 4.33. The Balaban J connectivity index is 2.81. The quantitative estimate of drug-likeness (QED) is 0.687. The molecule has 0 aliphatic rings. The van der Waals surface area contributed by atoms with E-state index in [1.165, 1.54) is 0 Å². The van der Waals surface area contributed by atoms with Gasteiger partial charge in [-0.05, 0) is 24.6 Å². The number of hydrogen-bond donors (Lipinski definition) is 2. The molecule has 7 nitrogen and oxygen atoms in total. The first-order valence-electron chi connectivity index (χ1n) is 5.73. The van der Waals surface area contributed by atoms with Crippen LogP contribution in [0.25, 0.3) is 0 Å². The maximum absolute atomic E-state index is 13.6. The Hall–Kier alpha value is -1.52. The summed E-state index contributed by atoms with van der Waals surface area (Å²) in [5, 5.41) is 8.66. The highest BCUT2D eigenvalue weighted by atomic mass is 32.2. The molecule has 0 spiro atoms. The zero-order valence-electron chi connectivity index (χ0n) is 11.0. The number of nitrogens with one attached hydrogen (secondary N) is 1. The van der Waals surface area contributed by atoms with E-state index in [-0.39, 0.29) is 24.3 Å². The van der Waals surface area contributed by atoms with Crippen molar-refractivity contribution in [2.45, 2.75) is 11.3 Å². The summed E-state index contributed by atoms with van der Waals surface area (Å²) in [7, 11) is -7.37. The molecule has 2 N–H and O–H groups in total. The van der Waals surface area contributed by atoms with Gasteiger partial charge in [-0.2, -0.15) is 0 Å². The van der Waals surface area contributed by atoms with Gasteiger partial charge in [0.1, 0.15) is 20.5 Å². The molecule has 0 atom stereocenters. The Morgan fingerprint density at radius 3 is 2.38 bits per heavy atom. The lowest BCUT2D eigenvalue weighted by molar-refractivity contribution is 0.0696. The number of rotatable bonds is 7. The third kappa shape index (κ3) is 5.40. The minimum absolute atomic E-state index is 0.0485. The molecule has 118 valence electrons. The highest BCUT2D eigenvalue weighted by Gasteiger charge is 2.20. The van der Waals surface area contributed by atoms with E-state index in [4.69, 9.17) is 5.11 Å². The first-order chi connectivity index (χ1) is 9.53. The van der Waals surface area contributed by atoms with Gasteiger partial charge >= 0.3 is 5.97 Å². The van der Waals surface area contributed by atoms with Crippen LogP contribution in [0.1, 0.15) is 16.8 Å². The van der Waals surface area contributed by atoms with Gasteiger partial charge in [-0.1, -0.05) is 0 Å². The fraction of sp³-hybridized carbons (Fsp3) is 0.364. The molecule has 1 rings (SSSR count). The van der Waals surface area contributed by atoms with Crippen LogP contribution in [0.15, 0.2) is 23.1 Å². The van der Waals surface area contributed by atoms with E-state index in [0.717, 1.165) is 18.4 Å². The van der Waals surface area contributed by atoms with Gasteiger partial charge in [0.05, 0.1) is 11.3 Å². The van der Waals surface area contributed by atoms with E-state index in [9.17, 15) is 26.0 Å². The smallest absolute Gasteiger partial charge is 0.335 e. The zero-order chi connectivity index (χ0) is 16.3. The van der Waals surface area contributed by atoms with E-state index in [0.29, 0.717) is 6.07 Å². The summed E-state index contributed by atoms with van der Waals surface area (Å²) in [6.45, 7) is -0.171. The fourth-order valence-corrected chi connectivity index (χ4v) is 3.27. The van der Waals surface area contributed by atoms with Gasteiger partial charge in [0.2, 0.25) is 10.0 Å². The lowest BCUT2D eigenvalue weighted by Crippen LogP contribution is -2.27. The van der Waals surface area contributed by atoms with Crippen molar-refractivity contribution in [3.63, 3.8) is 0 Å². The van der Waals surface area contributed by atoms with Crippen LogP contribution in [0, 0.1) is 5.82 Å². The van der Waals surface area contributed by atoms with Gasteiger partial charge in [0.15, 0.2) is 0 Å². The standard InChI is InChI=1S/C11H14FNO6S2/c1-20(16,17)6-2-5-13-21(18,19)10-4-3-8(11(14)15)7-9(10)12/h3-4,7,13H,2,5-6H2,1H3,(H,14,15). The molecule has 0 aliphatic heterocycles. The molecule has 1 aromatic carbocycles. The molecule has 0 fully saturated rings. The lowest BCUT2D eigenvalue weighted by atomic mass is 10.2. The minimum Gasteiger partial charge on any atom is -0.478 e. The Kier molecular flexibility index (Phi) is 5.42. The molecule has 21 heavy (non-hydrogen) atoms. The van der Waals surface area contributed by atoms with Crippen molar-refractivity contribution in [1.29, 1.82) is 0 Å². The largest absolute Gasteiger partial charge is 0.478 e. The van der Waals surface area contributed by atoms with Crippen molar-refractivity contribution >= 4 is 25.8 Å². The summed E-state index contributed by atoms with van der Waals surface area (Å²) in [5.41, 5.74) is -0.372. The van der Waals surface area contributed by atoms with Crippen LogP contribution < -0.4 is 4.72 Å². The van der Waals surface area contributed by atoms with E-state index in [1.807, 2.05) is 0 Å². The SMILES string of the molecule is CS(=O)(=O)CCCNS(=O)(=O)c1ccc(C(=O)O)cc1F. The minimum atomic E-state index is -4.16. The van der Waals surface area contributed by atoms with Crippen LogP contribution in [0.4, 0.5) is 4.39 Å². The Labute approximate surface area is 121 Å². The van der Waals surface area contributed by atoms with Gasteiger partial charge in [0.25, 0.3) is 0 Å². The maximum Gasteiger partial charge on any atom is 0.335 e. The fourth-order valence-electron chi connectivity index (χ4n) is 1.47. The van der Waals surface area contributed by atoms with Crippen LogP contribution in [0.3, 0.4) is 0 Å². The average molecular weight is 339 g/mol. The predicted molar refractivity (Wildman–Crippen MR) is 72.9 cm³/mol. The molecule has 0 radical (unpaired) electrons. The zero-order valence-corrected chi connectivity index (χ0v) is 12.7. The number of halogens is 1. The molecule has 10 heteroatoms. The van der Waals surface area contributed by atoms with Crippen LogP contribution in [0.5, 0.6) is 0 Å². The monoisotopic (exact) mass is 339 g/mol. The van der Waals surface area contributed by atoms with Crippen LogP contribution in [-0.4, -0.2) is 46.5 Å². The van der Waals surface area contributed by atoms with Gasteiger partial charge < -0.3 is 5.11 Å². The third-order valence-electron chi connectivity index (χ3n) is 2.45. The normalized spacial score (nSPS) is 12.3. The molecule has 0 amide bonds. The van der Waals surface area contributed by atoms with Gasteiger partial charge in [-0.15, -0.1) is 0 Å². The topological polar surface area (TPSA) is 118 Å². The Morgan fingerprint density at radius 2 is 1.90 bits per heavy atom. The number of carboxylic acids is 1. The number of hydrogen-bond acceptors (Lipinski definition) is 5. The van der Waals surface area contributed by atoms with E-state index >= 15 is 0 Å². The summed E-state index contributed by atoms with van der Waals surface area (Å²) in [4.78, 5) is 9.94. The maximum atomic E-state index is 13.6. The van der Waals surface area contributed by atoms with E-state index < -0.39 is 36.5 Å². The molecule has 1 aromatic rings. The number of carbonyl (C=O) groups is 1. The number of benzene rings is 1.